The molecule has 102 valence electrons. The van der Waals surface area contributed by atoms with E-state index in [0.717, 1.165) is 16.6 Å². The number of hydrogen-bond acceptors (Lipinski definition) is 4. The van der Waals surface area contributed by atoms with Crippen molar-refractivity contribution in [3.05, 3.63) is 22.2 Å². The van der Waals surface area contributed by atoms with Crippen molar-refractivity contribution in [1.29, 1.82) is 0 Å². The van der Waals surface area contributed by atoms with Crippen LogP contribution in [-0.4, -0.2) is 31.5 Å². The van der Waals surface area contributed by atoms with Gasteiger partial charge in [-0.1, -0.05) is 13.8 Å². The number of ether oxygens (including phenoxy) is 2. The maximum atomic E-state index is 8.79. The Kier molecular flexibility index (Phi) is 6.46. The van der Waals surface area contributed by atoms with Gasteiger partial charge in [-0.05, 0) is 33.6 Å². The normalized spacial score (nSPS) is 10.8. The molecule has 0 saturated heterocycles. The van der Waals surface area contributed by atoms with Crippen LogP contribution in [0.3, 0.4) is 0 Å². The number of methoxy groups -OCH3 is 1. The summed E-state index contributed by atoms with van der Waals surface area (Å²) < 4.78 is 11.6. The van der Waals surface area contributed by atoms with E-state index in [1.807, 2.05) is 12.1 Å². The van der Waals surface area contributed by atoms with Gasteiger partial charge in [0.05, 0.1) is 18.2 Å². The van der Waals surface area contributed by atoms with E-state index in [2.05, 4.69) is 35.1 Å². The van der Waals surface area contributed by atoms with Crippen LogP contribution in [0.2, 0.25) is 0 Å². The largest absolute Gasteiger partial charge is 0.493 e. The Balaban J connectivity index is 2.88. The molecule has 0 bridgehead atoms. The van der Waals surface area contributed by atoms with Gasteiger partial charge in [-0.3, -0.25) is 0 Å². The molecule has 0 atom stereocenters. The standard InChI is InChI=1S/C13H20BrNO3/c1-9(2)15-8-10-6-11(14)13(18-5-4-16)12(7-10)17-3/h6-7,9,15-16H,4-5,8H2,1-3H3. The monoisotopic (exact) mass is 317 g/mol. The fourth-order valence-electron chi connectivity index (χ4n) is 1.49. The number of benzene rings is 1. The Morgan fingerprint density at radius 1 is 1.39 bits per heavy atom. The molecular formula is C13H20BrNO3. The van der Waals surface area contributed by atoms with Crippen LogP contribution in [0, 0.1) is 0 Å². The van der Waals surface area contributed by atoms with Crippen molar-refractivity contribution in [2.45, 2.75) is 26.4 Å². The first kappa shape index (κ1) is 15.3. The molecule has 0 fully saturated rings. The maximum absolute atomic E-state index is 8.79. The summed E-state index contributed by atoms with van der Waals surface area (Å²) >= 11 is 3.46. The average Bonchev–Trinajstić information content (AvgIpc) is 2.34. The van der Waals surface area contributed by atoms with E-state index in [-0.39, 0.29) is 13.2 Å². The molecule has 0 unspecified atom stereocenters. The minimum absolute atomic E-state index is 0.0216. The van der Waals surface area contributed by atoms with Crippen molar-refractivity contribution >= 4 is 15.9 Å². The molecule has 0 aromatic heterocycles. The average molecular weight is 318 g/mol. The van der Waals surface area contributed by atoms with Gasteiger partial charge in [0.15, 0.2) is 11.5 Å². The molecule has 1 aromatic carbocycles. The van der Waals surface area contributed by atoms with E-state index in [0.29, 0.717) is 17.5 Å². The highest BCUT2D eigenvalue weighted by Crippen LogP contribution is 2.36. The Morgan fingerprint density at radius 2 is 2.11 bits per heavy atom. The number of aliphatic hydroxyl groups is 1. The van der Waals surface area contributed by atoms with Crippen molar-refractivity contribution in [3.8, 4) is 11.5 Å². The minimum atomic E-state index is -0.0216. The Labute approximate surface area is 116 Å². The molecule has 5 heteroatoms. The Morgan fingerprint density at radius 3 is 2.67 bits per heavy atom. The van der Waals surface area contributed by atoms with Crippen LogP contribution in [0.5, 0.6) is 11.5 Å². The van der Waals surface area contributed by atoms with Gasteiger partial charge in [-0.25, -0.2) is 0 Å². The Bertz CT molecular complexity index is 383. The highest BCUT2D eigenvalue weighted by atomic mass is 79.9. The van der Waals surface area contributed by atoms with Gasteiger partial charge in [-0.15, -0.1) is 0 Å². The number of rotatable bonds is 7. The van der Waals surface area contributed by atoms with Crippen molar-refractivity contribution in [3.63, 3.8) is 0 Å². The van der Waals surface area contributed by atoms with Gasteiger partial charge in [-0.2, -0.15) is 0 Å². The van der Waals surface area contributed by atoms with E-state index in [1.54, 1.807) is 7.11 Å². The van der Waals surface area contributed by atoms with Gasteiger partial charge in [0.1, 0.15) is 6.61 Å². The lowest BCUT2D eigenvalue weighted by molar-refractivity contribution is 0.195. The molecule has 1 aromatic rings. The SMILES string of the molecule is COc1cc(CNC(C)C)cc(Br)c1OCCO. The van der Waals surface area contributed by atoms with E-state index >= 15 is 0 Å². The lowest BCUT2D eigenvalue weighted by Crippen LogP contribution is -2.21. The molecule has 0 radical (unpaired) electrons. The molecule has 0 aliphatic heterocycles. The molecule has 4 nitrogen and oxygen atoms in total. The molecule has 0 amide bonds. The fraction of sp³-hybridized carbons (Fsp3) is 0.538. The fourth-order valence-corrected chi connectivity index (χ4v) is 2.09. The predicted molar refractivity (Wildman–Crippen MR) is 75.3 cm³/mol. The molecular weight excluding hydrogens is 298 g/mol. The summed E-state index contributed by atoms with van der Waals surface area (Å²) in [4.78, 5) is 0. The highest BCUT2D eigenvalue weighted by molar-refractivity contribution is 9.10. The topological polar surface area (TPSA) is 50.7 Å². The Hall–Kier alpha value is -0.780. The van der Waals surface area contributed by atoms with Gasteiger partial charge in [0, 0.05) is 12.6 Å². The highest BCUT2D eigenvalue weighted by Gasteiger charge is 2.11. The summed E-state index contributed by atoms with van der Waals surface area (Å²) in [6, 6.07) is 4.36. The van der Waals surface area contributed by atoms with Crippen molar-refractivity contribution in [2.24, 2.45) is 0 Å². The number of halogens is 1. The second kappa shape index (κ2) is 7.61. The molecule has 0 aliphatic carbocycles. The van der Waals surface area contributed by atoms with Gasteiger partial charge in [0.2, 0.25) is 0 Å². The second-order valence-electron chi connectivity index (χ2n) is 4.22. The van der Waals surface area contributed by atoms with Crippen LogP contribution < -0.4 is 14.8 Å². The lowest BCUT2D eigenvalue weighted by atomic mass is 10.2. The van der Waals surface area contributed by atoms with E-state index in [4.69, 9.17) is 14.6 Å². The summed E-state index contributed by atoms with van der Waals surface area (Å²) in [6.45, 7) is 5.20. The summed E-state index contributed by atoms with van der Waals surface area (Å²) in [5, 5.41) is 12.1. The minimum Gasteiger partial charge on any atom is -0.493 e. The number of hydrogen-bond donors (Lipinski definition) is 2. The van der Waals surface area contributed by atoms with Crippen LogP contribution in [0.15, 0.2) is 16.6 Å². The van der Waals surface area contributed by atoms with Crippen molar-refractivity contribution in [1.82, 2.24) is 5.32 Å². The predicted octanol–water partition coefficient (Wildman–Crippen LogP) is 2.33. The summed E-state index contributed by atoms with van der Waals surface area (Å²) in [6.07, 6.45) is 0. The van der Waals surface area contributed by atoms with Gasteiger partial charge < -0.3 is 19.9 Å². The van der Waals surface area contributed by atoms with Crippen LogP contribution in [0.25, 0.3) is 0 Å². The van der Waals surface area contributed by atoms with Gasteiger partial charge in [0.25, 0.3) is 0 Å². The smallest absolute Gasteiger partial charge is 0.175 e. The maximum Gasteiger partial charge on any atom is 0.175 e. The third-order valence-electron chi connectivity index (χ3n) is 2.34. The van der Waals surface area contributed by atoms with Gasteiger partial charge >= 0.3 is 0 Å². The van der Waals surface area contributed by atoms with Crippen molar-refractivity contribution in [2.75, 3.05) is 20.3 Å². The molecule has 2 N–H and O–H groups in total. The zero-order valence-electron chi connectivity index (χ0n) is 11.0. The first-order valence-corrected chi connectivity index (χ1v) is 6.71. The molecule has 18 heavy (non-hydrogen) atoms. The first-order valence-electron chi connectivity index (χ1n) is 5.92. The summed E-state index contributed by atoms with van der Waals surface area (Å²) in [5.74, 6) is 1.29. The van der Waals surface area contributed by atoms with Crippen LogP contribution >= 0.6 is 15.9 Å². The lowest BCUT2D eigenvalue weighted by Gasteiger charge is -2.15. The zero-order valence-corrected chi connectivity index (χ0v) is 12.6. The second-order valence-corrected chi connectivity index (χ2v) is 5.07. The van der Waals surface area contributed by atoms with Crippen LogP contribution in [-0.2, 0) is 6.54 Å². The van der Waals surface area contributed by atoms with E-state index in [1.165, 1.54) is 0 Å². The van der Waals surface area contributed by atoms with Crippen LogP contribution in [0.4, 0.5) is 0 Å². The quantitative estimate of drug-likeness (QED) is 0.810. The third-order valence-corrected chi connectivity index (χ3v) is 2.93. The third kappa shape index (κ3) is 4.48. The number of aliphatic hydroxyl groups excluding tert-OH is 1. The summed E-state index contributed by atoms with van der Waals surface area (Å²) in [7, 11) is 1.60. The number of nitrogens with one attached hydrogen (secondary N) is 1. The molecule has 0 aliphatic rings. The molecule has 0 saturated carbocycles. The first-order chi connectivity index (χ1) is 8.58. The van der Waals surface area contributed by atoms with Crippen molar-refractivity contribution < 1.29 is 14.6 Å². The molecule has 0 heterocycles. The van der Waals surface area contributed by atoms with E-state index < -0.39 is 0 Å². The zero-order chi connectivity index (χ0) is 13.5. The summed E-state index contributed by atoms with van der Waals surface area (Å²) in [5.41, 5.74) is 1.11. The van der Waals surface area contributed by atoms with E-state index in [9.17, 15) is 0 Å². The molecule has 0 spiro atoms. The van der Waals surface area contributed by atoms with Crippen LogP contribution in [0.1, 0.15) is 19.4 Å². The molecule has 1 rings (SSSR count).